The summed E-state index contributed by atoms with van der Waals surface area (Å²) in [5.74, 6) is -1.28. The van der Waals surface area contributed by atoms with Crippen LogP contribution in [-0.4, -0.2) is 79.5 Å². The molecule has 0 radical (unpaired) electrons. The molecule has 0 saturated heterocycles. The average molecular weight is 693 g/mol. The van der Waals surface area contributed by atoms with Gasteiger partial charge < -0.3 is 29.9 Å². The van der Waals surface area contributed by atoms with Gasteiger partial charge in [0.05, 0.1) is 40.3 Å². The molecule has 4 saturated carbocycles. The van der Waals surface area contributed by atoms with Crippen molar-refractivity contribution >= 4 is 37.2 Å². The van der Waals surface area contributed by atoms with Crippen molar-refractivity contribution in [3.63, 3.8) is 0 Å². The van der Waals surface area contributed by atoms with Crippen molar-refractivity contribution in [2.24, 2.45) is 39.9 Å². The van der Waals surface area contributed by atoms with Gasteiger partial charge in [0.2, 0.25) is 0 Å². The second kappa shape index (κ2) is 12.8. The molecule has 47 heavy (non-hydrogen) atoms. The molecule has 0 aromatic heterocycles. The molecule has 0 amide bonds. The van der Waals surface area contributed by atoms with Gasteiger partial charge in [0, 0.05) is 11.1 Å². The van der Waals surface area contributed by atoms with Gasteiger partial charge in [-0.1, -0.05) is 37.6 Å². The standard InChI is InChI=1S/C37H56O8S2/c1-8-20(3)31(42)44-29-30(45-32(43)21(4)9-2)36(18-38)24(17-35(29,7)46)22-10-11-25-33(5,23(22)16-28(36)41)14-12-26-34(25,6)15-13-27(40)37(26,47)19-39/h8-10,23-30,38-41,46-47H,11-19H2,1-7H3/b20-8-,21-9-/t23?,24?,25?,26?,27-,28+,29-,30-,33-,34+,35-,36-,37-/m0/s1. The number of fused-ring (bicyclic) bond motifs is 7. The third-order valence-electron chi connectivity index (χ3n) is 14.0. The Bertz CT molecular complexity index is 1360. The van der Waals surface area contributed by atoms with Gasteiger partial charge in [-0.25, -0.2) is 9.59 Å². The average Bonchev–Trinajstić information content (AvgIpc) is 3.03. The molecular weight excluding hydrogens is 637 g/mol. The van der Waals surface area contributed by atoms with Crippen LogP contribution in [0.25, 0.3) is 0 Å². The number of carbonyl (C=O) groups excluding carboxylic acids is 2. The molecule has 10 heteroatoms. The number of carbonyl (C=O) groups is 2. The molecule has 0 bridgehead atoms. The number of thiol groups is 2. The Morgan fingerprint density at radius 2 is 1.43 bits per heavy atom. The summed E-state index contributed by atoms with van der Waals surface area (Å²) < 4.78 is 10.5. The van der Waals surface area contributed by atoms with Crippen molar-refractivity contribution in [2.45, 2.75) is 127 Å². The molecule has 4 N–H and O–H groups in total. The summed E-state index contributed by atoms with van der Waals surface area (Å²) in [7, 11) is 0. The zero-order chi connectivity index (χ0) is 34.9. The Morgan fingerprint density at radius 1 is 0.851 bits per heavy atom. The van der Waals surface area contributed by atoms with Crippen LogP contribution in [0.15, 0.2) is 34.9 Å². The number of allylic oxidation sites excluding steroid dienone is 4. The lowest BCUT2D eigenvalue weighted by atomic mass is 9.38. The molecule has 5 aliphatic rings. The minimum Gasteiger partial charge on any atom is -0.454 e. The van der Waals surface area contributed by atoms with Crippen LogP contribution in [-0.2, 0) is 19.1 Å². The number of esters is 2. The lowest BCUT2D eigenvalue weighted by Gasteiger charge is -2.69. The number of aliphatic hydroxyl groups excluding tert-OH is 4. The summed E-state index contributed by atoms with van der Waals surface area (Å²) in [6, 6.07) is 0. The van der Waals surface area contributed by atoms with Crippen LogP contribution < -0.4 is 0 Å². The third-order valence-corrected chi connectivity index (χ3v) is 15.1. The maximum atomic E-state index is 13.4. The highest BCUT2D eigenvalue weighted by atomic mass is 32.1. The van der Waals surface area contributed by atoms with E-state index < -0.39 is 57.9 Å². The molecule has 13 atom stereocenters. The molecule has 5 rings (SSSR count). The maximum absolute atomic E-state index is 13.4. The van der Waals surface area contributed by atoms with E-state index in [1.54, 1.807) is 39.8 Å². The Labute approximate surface area is 291 Å². The lowest BCUT2D eigenvalue weighted by Crippen LogP contribution is -2.72. The fourth-order valence-electron chi connectivity index (χ4n) is 10.9. The second-order valence-corrected chi connectivity index (χ2v) is 17.9. The van der Waals surface area contributed by atoms with Crippen LogP contribution in [0.5, 0.6) is 0 Å². The van der Waals surface area contributed by atoms with E-state index in [9.17, 15) is 30.0 Å². The first-order valence-corrected chi connectivity index (χ1v) is 18.2. The normalized spacial score (nSPS) is 48.2. The summed E-state index contributed by atoms with van der Waals surface area (Å²) in [5, 5.41) is 45.2. The van der Waals surface area contributed by atoms with Gasteiger partial charge >= 0.3 is 11.9 Å². The number of rotatable bonds is 6. The summed E-state index contributed by atoms with van der Waals surface area (Å²) in [6.45, 7) is 12.7. The van der Waals surface area contributed by atoms with Crippen LogP contribution >= 0.6 is 25.3 Å². The Kier molecular flexibility index (Phi) is 10.1. The minimum absolute atomic E-state index is 0.00359. The van der Waals surface area contributed by atoms with Crippen molar-refractivity contribution in [2.75, 3.05) is 13.2 Å². The molecule has 0 aromatic rings. The monoisotopic (exact) mass is 692 g/mol. The maximum Gasteiger partial charge on any atom is 0.333 e. The van der Waals surface area contributed by atoms with E-state index >= 15 is 0 Å². The molecule has 0 spiro atoms. The van der Waals surface area contributed by atoms with E-state index in [1.165, 1.54) is 0 Å². The van der Waals surface area contributed by atoms with Crippen molar-refractivity contribution in [1.29, 1.82) is 0 Å². The van der Waals surface area contributed by atoms with Crippen LogP contribution in [0.1, 0.15) is 93.4 Å². The van der Waals surface area contributed by atoms with Gasteiger partial charge in [-0.05, 0) is 114 Å². The molecule has 8 nitrogen and oxygen atoms in total. The first-order valence-electron chi connectivity index (χ1n) is 17.3. The molecule has 0 aliphatic heterocycles. The number of hydrogen-bond acceptors (Lipinski definition) is 10. The summed E-state index contributed by atoms with van der Waals surface area (Å²) in [6.07, 6.45) is 6.27. The van der Waals surface area contributed by atoms with Gasteiger partial charge in [-0.15, -0.1) is 0 Å². The summed E-state index contributed by atoms with van der Waals surface area (Å²) >= 11 is 10.0. The first kappa shape index (κ1) is 37.0. The SMILES string of the molecule is C/C=C(/C)C(=O)O[C@H]1[C@H](OC(=O)/C(C)=C\C)[C@@](C)(S)CC2C3=CCC4[C@@](C)(CCC5[C@]4(C)CC[C@H](O)[C@]5(S)CO)C3C[C@@H](O)[C@]21CO. The van der Waals surface area contributed by atoms with Crippen LogP contribution in [0, 0.1) is 39.9 Å². The molecule has 4 fully saturated rings. The van der Waals surface area contributed by atoms with Crippen LogP contribution in [0.3, 0.4) is 0 Å². The summed E-state index contributed by atoms with van der Waals surface area (Å²) in [5.41, 5.74) is 0.228. The zero-order valence-corrected chi connectivity index (χ0v) is 30.8. The van der Waals surface area contributed by atoms with Crippen LogP contribution in [0.2, 0.25) is 0 Å². The van der Waals surface area contributed by atoms with E-state index in [-0.39, 0.29) is 41.1 Å². The Hall–Kier alpha value is -1.30. The van der Waals surface area contributed by atoms with Gasteiger partial charge in [0.25, 0.3) is 0 Å². The fraction of sp³-hybridized carbons (Fsp3) is 0.784. The van der Waals surface area contributed by atoms with Crippen molar-refractivity contribution < 1.29 is 39.5 Å². The highest BCUT2D eigenvalue weighted by molar-refractivity contribution is 7.82. The molecule has 0 heterocycles. The Morgan fingerprint density at radius 3 is 1.98 bits per heavy atom. The van der Waals surface area contributed by atoms with E-state index in [4.69, 9.17) is 34.7 Å². The van der Waals surface area contributed by atoms with Crippen LogP contribution in [0.4, 0.5) is 0 Å². The third kappa shape index (κ3) is 5.41. The lowest BCUT2D eigenvalue weighted by molar-refractivity contribution is -0.236. The topological polar surface area (TPSA) is 134 Å². The molecule has 264 valence electrons. The van der Waals surface area contributed by atoms with E-state index in [0.29, 0.717) is 30.4 Å². The predicted octanol–water partition coefficient (Wildman–Crippen LogP) is 4.99. The fourth-order valence-corrected chi connectivity index (χ4v) is 11.9. The van der Waals surface area contributed by atoms with E-state index in [1.807, 2.05) is 6.92 Å². The second-order valence-electron chi connectivity index (χ2n) is 16.1. The van der Waals surface area contributed by atoms with Gasteiger partial charge in [0.1, 0.15) is 0 Å². The summed E-state index contributed by atoms with van der Waals surface area (Å²) in [4.78, 5) is 26.6. The van der Waals surface area contributed by atoms with Gasteiger partial charge in [-0.2, -0.15) is 25.3 Å². The van der Waals surface area contributed by atoms with Crippen molar-refractivity contribution in [3.05, 3.63) is 34.9 Å². The number of ether oxygens (including phenoxy) is 2. The first-order chi connectivity index (χ1) is 21.9. The van der Waals surface area contributed by atoms with Crippen molar-refractivity contribution in [1.82, 2.24) is 0 Å². The van der Waals surface area contributed by atoms with E-state index in [0.717, 1.165) is 31.3 Å². The largest absolute Gasteiger partial charge is 0.454 e. The Balaban J connectivity index is 1.61. The molecule has 5 aliphatic carbocycles. The van der Waals surface area contributed by atoms with E-state index in [2.05, 4.69) is 19.9 Å². The molecule has 4 unspecified atom stereocenters. The van der Waals surface area contributed by atoms with Gasteiger partial charge in [0.15, 0.2) is 12.2 Å². The highest BCUT2D eigenvalue weighted by Gasteiger charge is 2.71. The quantitative estimate of drug-likeness (QED) is 0.0993. The highest BCUT2D eigenvalue weighted by Crippen LogP contribution is 2.71. The minimum atomic E-state index is -1.32. The number of aliphatic hydroxyl groups is 4. The van der Waals surface area contributed by atoms with Crippen molar-refractivity contribution in [3.8, 4) is 0 Å². The molecule has 0 aromatic carbocycles. The van der Waals surface area contributed by atoms with Gasteiger partial charge in [-0.3, -0.25) is 0 Å². The molecular formula is C37H56O8S2. The zero-order valence-electron chi connectivity index (χ0n) is 29.0. The predicted molar refractivity (Wildman–Crippen MR) is 187 cm³/mol. The number of hydrogen-bond donors (Lipinski definition) is 6. The smallest absolute Gasteiger partial charge is 0.333 e.